The largest absolute Gasteiger partial charge is 0.361 e. The van der Waals surface area contributed by atoms with Gasteiger partial charge >= 0.3 is 0 Å². The van der Waals surface area contributed by atoms with Gasteiger partial charge in [0.2, 0.25) is 0 Å². The van der Waals surface area contributed by atoms with Crippen LogP contribution in [-0.2, 0) is 0 Å². The lowest BCUT2D eigenvalue weighted by Crippen LogP contribution is -1.98. The first-order chi connectivity index (χ1) is 10.4. The van der Waals surface area contributed by atoms with E-state index in [0.717, 1.165) is 6.42 Å². The summed E-state index contributed by atoms with van der Waals surface area (Å²) in [7, 11) is 0. The number of fused-ring (bicyclic) bond motifs is 2. The van der Waals surface area contributed by atoms with Crippen LogP contribution in [-0.4, -0.2) is 9.97 Å². The SMILES string of the molecule is CCC(c1ccc2cc[nH]c2c1)c1c[nH]c2ccccc12. The zero-order valence-corrected chi connectivity index (χ0v) is 12.1. The molecule has 0 radical (unpaired) electrons. The normalized spacial score (nSPS) is 13.0. The van der Waals surface area contributed by atoms with E-state index in [4.69, 9.17) is 0 Å². The molecule has 0 saturated carbocycles. The molecule has 2 heterocycles. The maximum Gasteiger partial charge on any atom is 0.0457 e. The predicted octanol–water partition coefficient (Wildman–Crippen LogP) is 5.19. The van der Waals surface area contributed by atoms with E-state index in [9.17, 15) is 0 Å². The molecule has 2 heteroatoms. The molecule has 0 aliphatic rings. The van der Waals surface area contributed by atoms with Crippen LogP contribution < -0.4 is 0 Å². The molecule has 2 nitrogen and oxygen atoms in total. The van der Waals surface area contributed by atoms with Gasteiger partial charge in [-0.1, -0.05) is 37.3 Å². The summed E-state index contributed by atoms with van der Waals surface area (Å²) < 4.78 is 0. The van der Waals surface area contributed by atoms with Crippen LogP contribution in [0.5, 0.6) is 0 Å². The summed E-state index contributed by atoms with van der Waals surface area (Å²) in [6.45, 7) is 2.26. The van der Waals surface area contributed by atoms with E-state index < -0.39 is 0 Å². The molecule has 2 N–H and O–H groups in total. The molecule has 4 aromatic rings. The highest BCUT2D eigenvalue weighted by atomic mass is 14.7. The van der Waals surface area contributed by atoms with Gasteiger partial charge in [-0.05, 0) is 41.1 Å². The third-order valence-corrected chi connectivity index (χ3v) is 4.39. The van der Waals surface area contributed by atoms with Crippen molar-refractivity contribution in [2.24, 2.45) is 0 Å². The van der Waals surface area contributed by atoms with E-state index in [1.54, 1.807) is 0 Å². The number of hydrogen-bond acceptors (Lipinski definition) is 0. The third-order valence-electron chi connectivity index (χ3n) is 4.39. The van der Waals surface area contributed by atoms with Gasteiger partial charge in [0.1, 0.15) is 0 Å². The van der Waals surface area contributed by atoms with Gasteiger partial charge < -0.3 is 9.97 Å². The van der Waals surface area contributed by atoms with Crippen LogP contribution in [0.15, 0.2) is 60.9 Å². The van der Waals surface area contributed by atoms with Crippen LogP contribution in [0.25, 0.3) is 21.8 Å². The van der Waals surface area contributed by atoms with E-state index in [1.807, 2.05) is 6.20 Å². The maximum atomic E-state index is 3.40. The first-order valence-electron chi connectivity index (χ1n) is 7.50. The van der Waals surface area contributed by atoms with Crippen molar-refractivity contribution in [2.45, 2.75) is 19.3 Å². The highest BCUT2D eigenvalue weighted by Gasteiger charge is 2.16. The van der Waals surface area contributed by atoms with Crippen molar-refractivity contribution in [2.75, 3.05) is 0 Å². The summed E-state index contributed by atoms with van der Waals surface area (Å²) in [6, 6.07) is 17.4. The Labute approximate surface area is 123 Å². The summed E-state index contributed by atoms with van der Waals surface area (Å²) in [5.74, 6) is 0.425. The van der Waals surface area contributed by atoms with Gasteiger partial charge in [0, 0.05) is 34.7 Å². The second-order valence-electron chi connectivity index (χ2n) is 5.57. The van der Waals surface area contributed by atoms with Gasteiger partial charge in [0.05, 0.1) is 0 Å². The summed E-state index contributed by atoms with van der Waals surface area (Å²) in [5.41, 5.74) is 5.19. The number of benzene rings is 2. The van der Waals surface area contributed by atoms with Crippen LogP contribution in [0.3, 0.4) is 0 Å². The number of hydrogen-bond donors (Lipinski definition) is 2. The smallest absolute Gasteiger partial charge is 0.0457 e. The minimum atomic E-state index is 0.425. The van der Waals surface area contributed by atoms with E-state index >= 15 is 0 Å². The molecule has 2 aromatic heterocycles. The fourth-order valence-electron chi connectivity index (χ4n) is 3.30. The summed E-state index contributed by atoms with van der Waals surface area (Å²) >= 11 is 0. The molecule has 1 unspecified atom stereocenters. The second kappa shape index (κ2) is 4.81. The van der Waals surface area contributed by atoms with Crippen LogP contribution in [0, 0.1) is 0 Å². The van der Waals surface area contributed by atoms with Crippen molar-refractivity contribution >= 4 is 21.8 Å². The first kappa shape index (κ1) is 12.3. The Kier molecular flexibility index (Phi) is 2.81. The number of aromatic amines is 2. The number of rotatable bonds is 3. The lowest BCUT2D eigenvalue weighted by Gasteiger charge is -2.15. The Bertz CT molecular complexity index is 898. The van der Waals surface area contributed by atoms with E-state index in [-0.39, 0.29) is 0 Å². The Balaban J connectivity index is 1.87. The fraction of sp³-hybridized carbons (Fsp3) is 0.158. The van der Waals surface area contributed by atoms with E-state index in [1.165, 1.54) is 32.9 Å². The molecular weight excluding hydrogens is 256 g/mol. The van der Waals surface area contributed by atoms with Gasteiger partial charge in [-0.2, -0.15) is 0 Å². The van der Waals surface area contributed by atoms with Crippen molar-refractivity contribution in [3.8, 4) is 0 Å². The van der Waals surface area contributed by atoms with Crippen molar-refractivity contribution in [3.05, 3.63) is 72.1 Å². The summed E-state index contributed by atoms with van der Waals surface area (Å²) in [4.78, 5) is 6.71. The standard InChI is InChI=1S/C19H18N2/c1-2-15(14-8-7-13-9-10-20-19(13)11-14)17-12-21-18-6-4-3-5-16(17)18/h3-12,15,20-21H,2H2,1H3. The van der Waals surface area contributed by atoms with Crippen LogP contribution >= 0.6 is 0 Å². The highest BCUT2D eigenvalue weighted by molar-refractivity contribution is 5.85. The monoisotopic (exact) mass is 274 g/mol. The minimum absolute atomic E-state index is 0.425. The highest BCUT2D eigenvalue weighted by Crippen LogP contribution is 2.34. The Morgan fingerprint density at radius 2 is 1.86 bits per heavy atom. The number of H-pyrrole nitrogens is 2. The quantitative estimate of drug-likeness (QED) is 0.515. The molecule has 0 amide bonds. The van der Waals surface area contributed by atoms with Gasteiger partial charge in [-0.25, -0.2) is 0 Å². The molecule has 0 fully saturated rings. The summed E-state index contributed by atoms with van der Waals surface area (Å²) in [5, 5.41) is 2.60. The Hall–Kier alpha value is -2.48. The molecule has 0 saturated heterocycles. The zero-order chi connectivity index (χ0) is 14.2. The minimum Gasteiger partial charge on any atom is -0.361 e. The Morgan fingerprint density at radius 1 is 0.952 bits per heavy atom. The van der Waals surface area contributed by atoms with Crippen molar-refractivity contribution in [1.29, 1.82) is 0 Å². The van der Waals surface area contributed by atoms with E-state index in [0.29, 0.717) is 5.92 Å². The lowest BCUT2D eigenvalue weighted by atomic mass is 9.88. The van der Waals surface area contributed by atoms with Gasteiger partial charge in [-0.15, -0.1) is 0 Å². The van der Waals surface area contributed by atoms with Crippen molar-refractivity contribution in [3.63, 3.8) is 0 Å². The molecule has 21 heavy (non-hydrogen) atoms. The molecule has 0 bridgehead atoms. The first-order valence-corrected chi connectivity index (χ1v) is 7.50. The van der Waals surface area contributed by atoms with Crippen LogP contribution in [0.4, 0.5) is 0 Å². The second-order valence-corrected chi connectivity index (χ2v) is 5.57. The van der Waals surface area contributed by atoms with Crippen molar-refractivity contribution in [1.82, 2.24) is 9.97 Å². The topological polar surface area (TPSA) is 31.6 Å². The molecule has 1 atom stereocenters. The predicted molar refractivity (Wildman–Crippen MR) is 88.7 cm³/mol. The van der Waals surface area contributed by atoms with E-state index in [2.05, 4.69) is 71.6 Å². The summed E-state index contributed by atoms with van der Waals surface area (Å²) in [6.07, 6.45) is 5.26. The zero-order valence-electron chi connectivity index (χ0n) is 12.1. The Morgan fingerprint density at radius 3 is 2.76 bits per heavy atom. The van der Waals surface area contributed by atoms with Crippen LogP contribution in [0.2, 0.25) is 0 Å². The average molecular weight is 274 g/mol. The number of nitrogens with one attached hydrogen (secondary N) is 2. The third kappa shape index (κ3) is 1.95. The molecule has 4 rings (SSSR count). The molecule has 0 spiro atoms. The van der Waals surface area contributed by atoms with Gasteiger partial charge in [0.15, 0.2) is 0 Å². The molecule has 0 aliphatic heterocycles. The van der Waals surface area contributed by atoms with Gasteiger partial charge in [0.25, 0.3) is 0 Å². The number of aromatic nitrogens is 2. The average Bonchev–Trinajstić information content (AvgIpc) is 3.15. The molecule has 2 aromatic carbocycles. The number of para-hydroxylation sites is 1. The van der Waals surface area contributed by atoms with Crippen LogP contribution in [0.1, 0.15) is 30.4 Å². The maximum absolute atomic E-state index is 3.40. The molecular formula is C19H18N2. The fourth-order valence-corrected chi connectivity index (χ4v) is 3.30. The lowest BCUT2D eigenvalue weighted by molar-refractivity contribution is 0.784. The molecule has 104 valence electrons. The van der Waals surface area contributed by atoms with Crippen molar-refractivity contribution < 1.29 is 0 Å². The molecule has 0 aliphatic carbocycles. The van der Waals surface area contributed by atoms with Gasteiger partial charge in [-0.3, -0.25) is 0 Å².